The fourth-order valence-corrected chi connectivity index (χ4v) is 2.17. The Morgan fingerprint density at radius 1 is 1.22 bits per heavy atom. The van der Waals surface area contributed by atoms with Gasteiger partial charge >= 0.3 is 0 Å². The molecule has 0 spiro atoms. The summed E-state index contributed by atoms with van der Waals surface area (Å²) in [4.78, 5) is 2.17. The smallest absolute Gasteiger partial charge is 0.115 e. The molecule has 3 nitrogen and oxygen atoms in total. The molecule has 0 heterocycles. The normalized spacial score (nSPS) is 13.2. The number of nitrogens with zero attached hydrogens (tertiary/aromatic N) is 1. The zero-order valence-electron chi connectivity index (χ0n) is 12.0. The van der Waals surface area contributed by atoms with Crippen molar-refractivity contribution in [2.24, 2.45) is 0 Å². The van der Waals surface area contributed by atoms with Gasteiger partial charge in [0.05, 0.1) is 0 Å². The van der Waals surface area contributed by atoms with E-state index in [1.165, 1.54) is 0 Å². The highest BCUT2D eigenvalue weighted by Crippen LogP contribution is 2.20. The first-order valence-electron chi connectivity index (χ1n) is 6.76. The third kappa shape index (κ3) is 4.67. The molecule has 0 amide bonds. The van der Waals surface area contributed by atoms with Crippen LogP contribution in [-0.2, 0) is 0 Å². The minimum absolute atomic E-state index is 0.261. The van der Waals surface area contributed by atoms with E-state index >= 15 is 0 Å². The molecule has 0 saturated heterocycles. The van der Waals surface area contributed by atoms with E-state index in [2.05, 4.69) is 44.2 Å². The van der Waals surface area contributed by atoms with E-state index in [1.807, 2.05) is 12.1 Å². The quantitative estimate of drug-likeness (QED) is 0.781. The number of rotatable bonds is 7. The van der Waals surface area contributed by atoms with Gasteiger partial charge < -0.3 is 15.3 Å². The topological polar surface area (TPSA) is 35.5 Å². The minimum Gasteiger partial charge on any atom is -0.508 e. The Hall–Kier alpha value is -1.06. The van der Waals surface area contributed by atoms with E-state index in [4.69, 9.17) is 0 Å². The van der Waals surface area contributed by atoms with Crippen molar-refractivity contribution in [2.75, 3.05) is 20.6 Å². The largest absolute Gasteiger partial charge is 0.508 e. The van der Waals surface area contributed by atoms with Gasteiger partial charge in [-0.2, -0.15) is 0 Å². The Morgan fingerprint density at radius 3 is 2.39 bits per heavy atom. The molecule has 0 bridgehead atoms. The average Bonchev–Trinajstić information content (AvgIpc) is 2.34. The second-order valence-corrected chi connectivity index (χ2v) is 5.09. The van der Waals surface area contributed by atoms with E-state index < -0.39 is 0 Å². The molecule has 1 unspecified atom stereocenters. The number of phenols is 1. The Morgan fingerprint density at radius 2 is 1.89 bits per heavy atom. The maximum atomic E-state index is 9.60. The molecule has 0 fully saturated rings. The van der Waals surface area contributed by atoms with Crippen LogP contribution in [0.5, 0.6) is 5.75 Å². The lowest BCUT2D eigenvalue weighted by Gasteiger charge is -2.27. The van der Waals surface area contributed by atoms with Crippen LogP contribution in [0, 0.1) is 0 Å². The molecule has 1 atom stereocenters. The molecule has 2 N–H and O–H groups in total. The number of hydrogen-bond acceptors (Lipinski definition) is 3. The number of aromatic hydroxyl groups is 1. The standard InChI is InChI=1S/C15H26N2O/c1-5-13(6-2)16-15(11-17(3)4)12-8-7-9-14(18)10-12/h7-10,13,15-16,18H,5-6,11H2,1-4H3. The van der Waals surface area contributed by atoms with Crippen LogP contribution in [0.15, 0.2) is 24.3 Å². The molecule has 0 aromatic heterocycles. The van der Waals surface area contributed by atoms with Crippen LogP contribution in [-0.4, -0.2) is 36.7 Å². The lowest BCUT2D eigenvalue weighted by molar-refractivity contribution is 0.312. The summed E-state index contributed by atoms with van der Waals surface area (Å²) in [5.41, 5.74) is 1.15. The zero-order chi connectivity index (χ0) is 13.5. The zero-order valence-corrected chi connectivity index (χ0v) is 12.0. The SMILES string of the molecule is CCC(CC)NC(CN(C)C)c1cccc(O)c1. The highest BCUT2D eigenvalue weighted by atomic mass is 16.3. The predicted molar refractivity (Wildman–Crippen MR) is 76.9 cm³/mol. The van der Waals surface area contributed by atoms with Gasteiger partial charge in [0.1, 0.15) is 5.75 Å². The number of nitrogens with one attached hydrogen (secondary N) is 1. The van der Waals surface area contributed by atoms with Crippen LogP contribution < -0.4 is 5.32 Å². The van der Waals surface area contributed by atoms with Crippen molar-refractivity contribution >= 4 is 0 Å². The first kappa shape index (κ1) is 15.0. The maximum absolute atomic E-state index is 9.60. The lowest BCUT2D eigenvalue weighted by Crippen LogP contribution is -2.37. The third-order valence-corrected chi connectivity index (χ3v) is 3.24. The summed E-state index contributed by atoms with van der Waals surface area (Å²) >= 11 is 0. The van der Waals surface area contributed by atoms with Crippen molar-refractivity contribution in [3.05, 3.63) is 29.8 Å². The van der Waals surface area contributed by atoms with Crippen LogP contribution in [0.25, 0.3) is 0 Å². The van der Waals surface area contributed by atoms with Crippen molar-refractivity contribution < 1.29 is 5.11 Å². The molecule has 0 aliphatic rings. The molecule has 0 radical (unpaired) electrons. The van der Waals surface area contributed by atoms with Gasteiger partial charge in [-0.05, 0) is 44.6 Å². The second-order valence-electron chi connectivity index (χ2n) is 5.09. The number of benzene rings is 1. The monoisotopic (exact) mass is 250 g/mol. The van der Waals surface area contributed by atoms with E-state index in [1.54, 1.807) is 6.07 Å². The van der Waals surface area contributed by atoms with Crippen LogP contribution in [0.4, 0.5) is 0 Å². The van der Waals surface area contributed by atoms with Crippen molar-refractivity contribution in [2.45, 2.75) is 38.8 Å². The van der Waals surface area contributed by atoms with Gasteiger partial charge in [-0.25, -0.2) is 0 Å². The van der Waals surface area contributed by atoms with Gasteiger partial charge in [0, 0.05) is 18.6 Å². The molecule has 18 heavy (non-hydrogen) atoms. The molecule has 0 saturated carbocycles. The highest BCUT2D eigenvalue weighted by Gasteiger charge is 2.16. The summed E-state index contributed by atoms with van der Waals surface area (Å²) < 4.78 is 0. The number of likely N-dealkylation sites (N-methyl/N-ethyl adjacent to an activating group) is 1. The minimum atomic E-state index is 0.261. The van der Waals surface area contributed by atoms with Gasteiger partial charge in [-0.15, -0.1) is 0 Å². The Kier molecular flexibility index (Phi) is 6.16. The van der Waals surface area contributed by atoms with E-state index in [9.17, 15) is 5.11 Å². The third-order valence-electron chi connectivity index (χ3n) is 3.24. The summed E-state index contributed by atoms with van der Waals surface area (Å²) in [7, 11) is 4.15. The Balaban J connectivity index is 2.83. The van der Waals surface area contributed by atoms with Crippen LogP contribution in [0.2, 0.25) is 0 Å². The maximum Gasteiger partial charge on any atom is 0.115 e. The summed E-state index contributed by atoms with van der Waals surface area (Å²) in [6.07, 6.45) is 2.25. The molecule has 1 rings (SSSR count). The fraction of sp³-hybridized carbons (Fsp3) is 0.600. The highest BCUT2D eigenvalue weighted by molar-refractivity contribution is 5.29. The van der Waals surface area contributed by atoms with Crippen LogP contribution in [0.1, 0.15) is 38.3 Å². The summed E-state index contributed by atoms with van der Waals surface area (Å²) in [6, 6.07) is 8.33. The summed E-state index contributed by atoms with van der Waals surface area (Å²) in [5, 5.41) is 13.3. The summed E-state index contributed by atoms with van der Waals surface area (Å²) in [6.45, 7) is 5.34. The number of hydrogen-bond donors (Lipinski definition) is 2. The second kappa shape index (κ2) is 7.39. The van der Waals surface area contributed by atoms with Crippen molar-refractivity contribution in [3.63, 3.8) is 0 Å². The molecule has 1 aromatic rings. The molecule has 3 heteroatoms. The first-order chi connectivity index (χ1) is 8.56. The van der Waals surface area contributed by atoms with Gasteiger partial charge in [-0.1, -0.05) is 26.0 Å². The van der Waals surface area contributed by atoms with Gasteiger partial charge in [0.15, 0.2) is 0 Å². The molecular weight excluding hydrogens is 224 g/mol. The molecule has 1 aromatic carbocycles. The van der Waals surface area contributed by atoms with Gasteiger partial charge in [0.25, 0.3) is 0 Å². The van der Waals surface area contributed by atoms with E-state index in [0.29, 0.717) is 11.8 Å². The average molecular weight is 250 g/mol. The number of phenolic OH excluding ortho intramolecular Hbond substituents is 1. The molecule has 0 aliphatic carbocycles. The molecule has 0 aliphatic heterocycles. The van der Waals surface area contributed by atoms with Gasteiger partial charge in [0.2, 0.25) is 0 Å². The Labute approximate surface area is 111 Å². The van der Waals surface area contributed by atoms with Crippen LogP contribution in [0.3, 0.4) is 0 Å². The van der Waals surface area contributed by atoms with E-state index in [0.717, 1.165) is 24.9 Å². The first-order valence-corrected chi connectivity index (χ1v) is 6.76. The van der Waals surface area contributed by atoms with Gasteiger partial charge in [-0.3, -0.25) is 0 Å². The molecular formula is C15H26N2O. The Bertz CT molecular complexity index is 348. The van der Waals surface area contributed by atoms with Crippen molar-refractivity contribution in [3.8, 4) is 5.75 Å². The van der Waals surface area contributed by atoms with Crippen molar-refractivity contribution in [1.82, 2.24) is 10.2 Å². The van der Waals surface area contributed by atoms with E-state index in [-0.39, 0.29) is 6.04 Å². The van der Waals surface area contributed by atoms with Crippen molar-refractivity contribution in [1.29, 1.82) is 0 Å². The predicted octanol–water partition coefficient (Wildman–Crippen LogP) is 2.77. The lowest BCUT2D eigenvalue weighted by atomic mass is 10.0. The fourth-order valence-electron chi connectivity index (χ4n) is 2.17. The van der Waals surface area contributed by atoms with Crippen LogP contribution >= 0.6 is 0 Å². The summed E-state index contributed by atoms with van der Waals surface area (Å²) in [5.74, 6) is 0.336. The molecule has 102 valence electrons.